The second kappa shape index (κ2) is 5.71. The summed E-state index contributed by atoms with van der Waals surface area (Å²) in [7, 11) is 0. The van der Waals surface area contributed by atoms with Gasteiger partial charge in [-0.2, -0.15) is 0 Å². The summed E-state index contributed by atoms with van der Waals surface area (Å²) in [6, 6.07) is 8.43. The van der Waals surface area contributed by atoms with Crippen LogP contribution in [0.2, 0.25) is 8.67 Å². The molecule has 0 atom stereocenters. The van der Waals surface area contributed by atoms with E-state index in [9.17, 15) is 4.79 Å². The number of hydrogen-bond acceptors (Lipinski definition) is 3. The Labute approximate surface area is 118 Å². The Morgan fingerprint density at radius 2 is 1.94 bits per heavy atom. The monoisotopic (exact) mass is 301 g/mol. The van der Waals surface area contributed by atoms with Crippen molar-refractivity contribution >= 4 is 46.1 Å². The van der Waals surface area contributed by atoms with Gasteiger partial charge in [-0.05, 0) is 23.8 Å². The molecule has 3 nitrogen and oxygen atoms in total. The van der Waals surface area contributed by atoms with Gasteiger partial charge in [-0.25, -0.2) is 0 Å². The Bertz CT molecular complexity index is 566. The quantitative estimate of drug-likeness (QED) is 0.906. The van der Waals surface area contributed by atoms with Crippen LogP contribution in [0.25, 0.3) is 0 Å². The number of nitrogens with one attached hydrogen (secondary N) is 1. The lowest BCUT2D eigenvalue weighted by molar-refractivity contribution is 0.102. The second-order valence-electron chi connectivity index (χ2n) is 3.55. The van der Waals surface area contributed by atoms with Crippen molar-refractivity contribution in [3.05, 3.63) is 50.1 Å². The number of thiophene rings is 1. The molecule has 6 heteroatoms. The average Bonchev–Trinajstić information content (AvgIpc) is 2.69. The molecule has 0 aliphatic heterocycles. The van der Waals surface area contributed by atoms with Crippen molar-refractivity contribution in [1.29, 1.82) is 0 Å². The van der Waals surface area contributed by atoms with Crippen LogP contribution >= 0.6 is 34.5 Å². The van der Waals surface area contributed by atoms with Crippen molar-refractivity contribution in [1.82, 2.24) is 0 Å². The van der Waals surface area contributed by atoms with Crippen LogP contribution in [0.5, 0.6) is 0 Å². The SMILES string of the molecule is O=C(Nc1ccc(CO)cc1)c1cc(Cl)sc1Cl. The van der Waals surface area contributed by atoms with Gasteiger partial charge in [-0.15, -0.1) is 11.3 Å². The summed E-state index contributed by atoms with van der Waals surface area (Å²) in [5, 5.41) is 11.6. The fourth-order valence-electron chi connectivity index (χ4n) is 1.39. The second-order valence-corrected chi connectivity index (χ2v) is 5.83. The van der Waals surface area contributed by atoms with E-state index < -0.39 is 0 Å². The minimum absolute atomic E-state index is 0.0276. The summed E-state index contributed by atoms with van der Waals surface area (Å²) in [5.74, 6) is -0.306. The first-order valence-electron chi connectivity index (χ1n) is 5.06. The Balaban J connectivity index is 2.13. The number of hydrogen-bond donors (Lipinski definition) is 2. The summed E-state index contributed by atoms with van der Waals surface area (Å²) in [5.41, 5.74) is 1.78. The first kappa shape index (κ1) is 13.4. The molecule has 0 radical (unpaired) electrons. The maximum absolute atomic E-state index is 11.9. The predicted octanol–water partition coefficient (Wildman–Crippen LogP) is 3.80. The lowest BCUT2D eigenvalue weighted by Gasteiger charge is -2.04. The molecule has 1 heterocycles. The number of halogens is 2. The Kier molecular flexibility index (Phi) is 4.24. The van der Waals surface area contributed by atoms with Crippen molar-refractivity contribution < 1.29 is 9.90 Å². The number of anilines is 1. The molecule has 0 spiro atoms. The summed E-state index contributed by atoms with van der Waals surface area (Å²) in [4.78, 5) is 11.9. The van der Waals surface area contributed by atoms with Gasteiger partial charge in [0.1, 0.15) is 4.34 Å². The molecule has 0 saturated carbocycles. The van der Waals surface area contributed by atoms with Crippen LogP contribution in [0.3, 0.4) is 0 Å². The van der Waals surface area contributed by atoms with Crippen LogP contribution in [0.15, 0.2) is 30.3 Å². The number of amides is 1. The van der Waals surface area contributed by atoms with Gasteiger partial charge in [0.25, 0.3) is 5.91 Å². The van der Waals surface area contributed by atoms with E-state index in [2.05, 4.69) is 5.32 Å². The average molecular weight is 302 g/mol. The van der Waals surface area contributed by atoms with Crippen molar-refractivity contribution in [3.8, 4) is 0 Å². The van der Waals surface area contributed by atoms with Crippen LogP contribution < -0.4 is 5.32 Å². The Hall–Kier alpha value is -1.07. The van der Waals surface area contributed by atoms with Gasteiger partial charge in [0.05, 0.1) is 16.5 Å². The zero-order chi connectivity index (χ0) is 13.1. The number of aliphatic hydroxyl groups is 1. The molecule has 1 amide bonds. The van der Waals surface area contributed by atoms with Crippen molar-refractivity contribution in [2.24, 2.45) is 0 Å². The van der Waals surface area contributed by atoms with Gasteiger partial charge in [-0.1, -0.05) is 35.3 Å². The highest BCUT2D eigenvalue weighted by atomic mass is 35.5. The third-order valence-corrected chi connectivity index (χ3v) is 3.78. The van der Waals surface area contributed by atoms with Crippen molar-refractivity contribution in [3.63, 3.8) is 0 Å². The van der Waals surface area contributed by atoms with Crippen LogP contribution in [0.1, 0.15) is 15.9 Å². The Morgan fingerprint density at radius 3 is 2.44 bits per heavy atom. The highest BCUT2D eigenvalue weighted by molar-refractivity contribution is 7.20. The van der Waals surface area contributed by atoms with Gasteiger partial charge in [0.15, 0.2) is 0 Å². The molecule has 1 aromatic heterocycles. The topological polar surface area (TPSA) is 49.3 Å². The summed E-state index contributed by atoms with van der Waals surface area (Å²) >= 11 is 12.8. The van der Waals surface area contributed by atoms with E-state index >= 15 is 0 Å². The minimum atomic E-state index is -0.306. The van der Waals surface area contributed by atoms with Crippen molar-refractivity contribution in [2.75, 3.05) is 5.32 Å². The van der Waals surface area contributed by atoms with E-state index in [4.69, 9.17) is 28.3 Å². The van der Waals surface area contributed by atoms with E-state index in [-0.39, 0.29) is 12.5 Å². The predicted molar refractivity (Wildman–Crippen MR) is 74.7 cm³/mol. The third kappa shape index (κ3) is 3.03. The highest BCUT2D eigenvalue weighted by Gasteiger charge is 2.14. The molecule has 2 aromatic rings. The Morgan fingerprint density at radius 1 is 1.28 bits per heavy atom. The van der Waals surface area contributed by atoms with Crippen LogP contribution in [0.4, 0.5) is 5.69 Å². The summed E-state index contributed by atoms with van der Waals surface area (Å²) < 4.78 is 0.838. The number of carbonyl (C=O) groups is 1. The largest absolute Gasteiger partial charge is 0.392 e. The van der Waals surface area contributed by atoms with Crippen molar-refractivity contribution in [2.45, 2.75) is 6.61 Å². The summed E-state index contributed by atoms with van der Waals surface area (Å²) in [6.45, 7) is -0.0276. The lowest BCUT2D eigenvalue weighted by atomic mass is 10.2. The molecular formula is C12H9Cl2NO2S. The van der Waals surface area contributed by atoms with Gasteiger partial charge >= 0.3 is 0 Å². The smallest absolute Gasteiger partial charge is 0.258 e. The molecule has 94 valence electrons. The summed E-state index contributed by atoms with van der Waals surface area (Å²) in [6.07, 6.45) is 0. The zero-order valence-corrected chi connectivity index (χ0v) is 11.4. The number of aliphatic hydroxyl groups excluding tert-OH is 1. The standard InChI is InChI=1S/C12H9Cl2NO2S/c13-10-5-9(11(14)18-10)12(17)15-8-3-1-7(6-16)2-4-8/h1-5,16H,6H2,(H,15,17). The molecule has 2 rings (SSSR count). The zero-order valence-electron chi connectivity index (χ0n) is 9.11. The fourth-order valence-corrected chi connectivity index (χ4v) is 2.85. The molecule has 0 unspecified atom stereocenters. The first-order chi connectivity index (χ1) is 8.60. The minimum Gasteiger partial charge on any atom is -0.392 e. The third-order valence-electron chi connectivity index (χ3n) is 2.30. The number of rotatable bonds is 3. The molecule has 0 aliphatic carbocycles. The fraction of sp³-hybridized carbons (Fsp3) is 0.0833. The van der Waals surface area contributed by atoms with Crippen LogP contribution in [0, 0.1) is 0 Å². The molecule has 1 aromatic carbocycles. The molecule has 18 heavy (non-hydrogen) atoms. The van der Waals surface area contributed by atoms with E-state index in [1.165, 1.54) is 6.07 Å². The lowest BCUT2D eigenvalue weighted by Crippen LogP contribution is -2.11. The van der Waals surface area contributed by atoms with Gasteiger partial charge in [-0.3, -0.25) is 4.79 Å². The van der Waals surface area contributed by atoms with Gasteiger partial charge in [0.2, 0.25) is 0 Å². The van der Waals surface area contributed by atoms with Gasteiger partial charge in [0, 0.05) is 5.69 Å². The molecule has 0 bridgehead atoms. The molecule has 0 aliphatic rings. The van der Waals surface area contributed by atoms with Crippen LogP contribution in [-0.4, -0.2) is 11.0 Å². The van der Waals surface area contributed by atoms with E-state index in [0.29, 0.717) is 19.9 Å². The maximum atomic E-state index is 11.9. The van der Waals surface area contributed by atoms with E-state index in [1.807, 2.05) is 0 Å². The normalized spacial score (nSPS) is 10.4. The number of carbonyl (C=O) groups excluding carboxylic acids is 1. The molecule has 0 fully saturated rings. The molecule has 2 N–H and O–H groups in total. The van der Waals surface area contributed by atoms with E-state index in [1.54, 1.807) is 24.3 Å². The molecule has 0 saturated heterocycles. The van der Waals surface area contributed by atoms with E-state index in [0.717, 1.165) is 16.9 Å². The highest BCUT2D eigenvalue weighted by Crippen LogP contribution is 2.31. The first-order valence-corrected chi connectivity index (χ1v) is 6.63. The maximum Gasteiger partial charge on any atom is 0.258 e. The molecular weight excluding hydrogens is 293 g/mol. The van der Waals surface area contributed by atoms with Gasteiger partial charge < -0.3 is 10.4 Å². The number of benzene rings is 1. The van der Waals surface area contributed by atoms with Crippen LogP contribution in [-0.2, 0) is 6.61 Å².